The molecule has 28 heavy (non-hydrogen) atoms. The number of hydrogen-bond donors (Lipinski definition) is 0. The number of rotatable bonds is 5. The fourth-order valence-electron chi connectivity index (χ4n) is 2.43. The molecular formula is C18H15F2N5O2S. The zero-order chi connectivity index (χ0) is 20.3. The normalized spacial score (nSPS) is 11.3. The standard InChI is InChI=1S/C18H15F2N5O2S/c1-12(26)25-15(13-8-10-21-11-9-13)22-23-17(25)28-18(19,20)16(27)24(2)14-6-4-3-5-7-14/h3-11H,1-2H3. The Hall–Kier alpha value is -3.14. The minimum atomic E-state index is -3.86. The van der Waals surface area contributed by atoms with Crippen LogP contribution in [-0.4, -0.2) is 43.9 Å². The van der Waals surface area contributed by atoms with Gasteiger partial charge in [0, 0.05) is 37.6 Å². The van der Waals surface area contributed by atoms with E-state index in [0.29, 0.717) is 11.3 Å². The van der Waals surface area contributed by atoms with Crippen molar-refractivity contribution in [1.29, 1.82) is 0 Å². The van der Waals surface area contributed by atoms with Gasteiger partial charge in [0.2, 0.25) is 11.1 Å². The minimum Gasteiger partial charge on any atom is -0.309 e. The summed E-state index contributed by atoms with van der Waals surface area (Å²) in [5, 5.41) is 3.30. The van der Waals surface area contributed by atoms with E-state index in [1.165, 1.54) is 38.5 Å². The molecule has 0 saturated heterocycles. The summed E-state index contributed by atoms with van der Waals surface area (Å²) >= 11 is -0.124. The van der Waals surface area contributed by atoms with Crippen molar-refractivity contribution in [3.63, 3.8) is 0 Å². The fourth-order valence-corrected chi connectivity index (χ4v) is 3.27. The maximum atomic E-state index is 14.7. The monoisotopic (exact) mass is 403 g/mol. The molecule has 0 atom stereocenters. The molecule has 0 aliphatic rings. The molecule has 0 N–H and O–H groups in total. The van der Waals surface area contributed by atoms with E-state index in [9.17, 15) is 18.4 Å². The van der Waals surface area contributed by atoms with Gasteiger partial charge >= 0.3 is 11.2 Å². The predicted octanol–water partition coefficient (Wildman–Crippen LogP) is 3.35. The highest BCUT2D eigenvalue weighted by Gasteiger charge is 2.45. The highest BCUT2D eigenvalue weighted by Crippen LogP contribution is 2.38. The quantitative estimate of drug-likeness (QED) is 0.608. The number of halogens is 2. The summed E-state index contributed by atoms with van der Waals surface area (Å²) < 4.78 is 30.3. The topological polar surface area (TPSA) is 81.0 Å². The molecular weight excluding hydrogens is 388 g/mol. The van der Waals surface area contributed by atoms with Gasteiger partial charge in [-0.05, 0) is 36.0 Å². The molecule has 0 aliphatic heterocycles. The molecule has 10 heteroatoms. The van der Waals surface area contributed by atoms with Crippen LogP contribution in [0.5, 0.6) is 0 Å². The molecule has 0 aliphatic carbocycles. The lowest BCUT2D eigenvalue weighted by molar-refractivity contribution is -0.131. The van der Waals surface area contributed by atoms with E-state index in [0.717, 1.165) is 9.47 Å². The molecule has 0 saturated carbocycles. The lowest BCUT2D eigenvalue weighted by Crippen LogP contribution is -2.39. The van der Waals surface area contributed by atoms with Crippen LogP contribution in [0.2, 0.25) is 0 Å². The molecule has 2 aromatic heterocycles. The number of amides is 1. The molecule has 144 valence electrons. The van der Waals surface area contributed by atoms with E-state index in [2.05, 4.69) is 15.2 Å². The van der Waals surface area contributed by atoms with Gasteiger partial charge in [-0.3, -0.25) is 14.6 Å². The van der Waals surface area contributed by atoms with Crippen molar-refractivity contribution in [3.8, 4) is 11.4 Å². The molecule has 0 radical (unpaired) electrons. The summed E-state index contributed by atoms with van der Waals surface area (Å²) in [5.74, 6) is -1.90. The second-order valence-electron chi connectivity index (χ2n) is 5.72. The summed E-state index contributed by atoms with van der Waals surface area (Å²) in [7, 11) is 1.25. The highest BCUT2D eigenvalue weighted by atomic mass is 32.2. The van der Waals surface area contributed by atoms with Crippen LogP contribution < -0.4 is 4.90 Å². The molecule has 0 unspecified atom stereocenters. The summed E-state index contributed by atoms with van der Waals surface area (Å²) in [4.78, 5) is 29.1. The Morgan fingerprint density at radius 2 is 1.71 bits per heavy atom. The number of carbonyl (C=O) groups excluding carboxylic acids is 2. The van der Waals surface area contributed by atoms with Crippen LogP contribution in [0.25, 0.3) is 11.4 Å². The molecule has 3 aromatic rings. The number of aromatic nitrogens is 4. The Kier molecular flexibility index (Phi) is 5.50. The van der Waals surface area contributed by atoms with Gasteiger partial charge in [-0.1, -0.05) is 18.2 Å². The number of carbonyl (C=O) groups is 2. The molecule has 3 rings (SSSR count). The van der Waals surface area contributed by atoms with E-state index >= 15 is 0 Å². The number of alkyl halides is 2. The van der Waals surface area contributed by atoms with Crippen molar-refractivity contribution >= 4 is 29.3 Å². The second-order valence-corrected chi connectivity index (χ2v) is 6.80. The Morgan fingerprint density at radius 3 is 2.32 bits per heavy atom. The largest absolute Gasteiger partial charge is 0.378 e. The number of para-hydroxylation sites is 1. The lowest BCUT2D eigenvalue weighted by Gasteiger charge is -2.22. The third kappa shape index (κ3) is 3.91. The predicted molar refractivity (Wildman–Crippen MR) is 100 cm³/mol. The molecule has 7 nitrogen and oxygen atoms in total. The number of hydrogen-bond acceptors (Lipinski definition) is 6. The number of anilines is 1. The van der Waals surface area contributed by atoms with Crippen molar-refractivity contribution in [2.45, 2.75) is 17.3 Å². The van der Waals surface area contributed by atoms with Gasteiger partial charge < -0.3 is 4.90 Å². The van der Waals surface area contributed by atoms with Crippen LogP contribution in [0.4, 0.5) is 14.5 Å². The Labute approximate surface area is 163 Å². The molecule has 1 aromatic carbocycles. The highest BCUT2D eigenvalue weighted by molar-refractivity contribution is 8.01. The molecule has 0 fully saturated rings. The smallest absolute Gasteiger partial charge is 0.309 e. The minimum absolute atomic E-state index is 0.0945. The van der Waals surface area contributed by atoms with Gasteiger partial charge in [0.1, 0.15) is 0 Å². The lowest BCUT2D eigenvalue weighted by atomic mass is 10.2. The molecule has 1 amide bonds. The van der Waals surface area contributed by atoms with Crippen LogP contribution in [-0.2, 0) is 4.79 Å². The third-order valence-electron chi connectivity index (χ3n) is 3.80. The van der Waals surface area contributed by atoms with Crippen molar-refractivity contribution in [1.82, 2.24) is 19.7 Å². The van der Waals surface area contributed by atoms with Gasteiger partial charge in [-0.25, -0.2) is 4.57 Å². The van der Waals surface area contributed by atoms with Gasteiger partial charge in [0.15, 0.2) is 5.82 Å². The van der Waals surface area contributed by atoms with Crippen molar-refractivity contribution in [2.75, 3.05) is 11.9 Å². The summed E-state index contributed by atoms with van der Waals surface area (Å²) in [6.45, 7) is 1.20. The summed E-state index contributed by atoms with van der Waals surface area (Å²) in [5.41, 5.74) is 0.805. The molecule has 0 spiro atoms. The first-order valence-corrected chi connectivity index (χ1v) is 8.89. The van der Waals surface area contributed by atoms with Crippen molar-refractivity contribution in [2.24, 2.45) is 0 Å². The zero-order valence-electron chi connectivity index (χ0n) is 14.9. The van der Waals surface area contributed by atoms with Crippen molar-refractivity contribution in [3.05, 3.63) is 54.9 Å². The van der Waals surface area contributed by atoms with E-state index in [1.807, 2.05) is 0 Å². The van der Waals surface area contributed by atoms with Crippen LogP contribution in [0.1, 0.15) is 11.7 Å². The molecule has 0 bridgehead atoms. The second kappa shape index (κ2) is 7.85. The van der Waals surface area contributed by atoms with Crippen LogP contribution in [0, 0.1) is 0 Å². The first-order chi connectivity index (χ1) is 13.3. The van der Waals surface area contributed by atoms with E-state index in [-0.39, 0.29) is 22.7 Å². The fraction of sp³-hybridized carbons (Fsp3) is 0.167. The first-order valence-electron chi connectivity index (χ1n) is 8.08. The SMILES string of the molecule is CC(=O)n1c(SC(F)(F)C(=O)N(C)c2ccccc2)nnc1-c1ccncc1. The number of pyridine rings is 1. The van der Waals surface area contributed by atoms with Gasteiger partial charge in [-0.15, -0.1) is 10.2 Å². The van der Waals surface area contributed by atoms with Gasteiger partial charge in [0.05, 0.1) is 0 Å². The number of nitrogens with zero attached hydrogens (tertiary/aromatic N) is 5. The van der Waals surface area contributed by atoms with E-state index in [4.69, 9.17) is 0 Å². The maximum absolute atomic E-state index is 14.7. The van der Waals surface area contributed by atoms with E-state index < -0.39 is 17.1 Å². The maximum Gasteiger partial charge on any atom is 0.378 e. The third-order valence-corrected chi connectivity index (χ3v) is 4.68. The number of benzene rings is 1. The van der Waals surface area contributed by atoms with Gasteiger partial charge in [0.25, 0.3) is 0 Å². The average molecular weight is 403 g/mol. The van der Waals surface area contributed by atoms with Crippen LogP contribution >= 0.6 is 11.8 Å². The summed E-state index contributed by atoms with van der Waals surface area (Å²) in [6, 6.07) is 11.2. The molecule has 2 heterocycles. The van der Waals surface area contributed by atoms with Gasteiger partial charge in [-0.2, -0.15) is 8.78 Å². The zero-order valence-corrected chi connectivity index (χ0v) is 15.7. The van der Waals surface area contributed by atoms with E-state index in [1.54, 1.807) is 30.3 Å². The Morgan fingerprint density at radius 1 is 1.07 bits per heavy atom. The van der Waals surface area contributed by atoms with Crippen LogP contribution in [0.3, 0.4) is 0 Å². The summed E-state index contributed by atoms with van der Waals surface area (Å²) in [6.07, 6.45) is 2.96. The van der Waals surface area contributed by atoms with Crippen LogP contribution in [0.15, 0.2) is 60.0 Å². The first kappa shape index (κ1) is 19.6. The number of thioether (sulfide) groups is 1. The van der Waals surface area contributed by atoms with Crippen molar-refractivity contribution < 1.29 is 18.4 Å². The Bertz CT molecular complexity index is 996. The average Bonchev–Trinajstić information content (AvgIpc) is 3.11. The Balaban J connectivity index is 1.91.